The van der Waals surface area contributed by atoms with Gasteiger partial charge in [-0.15, -0.1) is 13.2 Å². The number of carbonyl (C=O) groups is 9. The van der Waals surface area contributed by atoms with Crippen molar-refractivity contribution >= 4 is 89.0 Å². The first-order valence-electron chi connectivity index (χ1n) is 38.5. The van der Waals surface area contributed by atoms with Crippen LogP contribution >= 0.6 is 0 Å². The second-order valence-corrected chi connectivity index (χ2v) is 51.3. The van der Waals surface area contributed by atoms with Gasteiger partial charge in [0.05, 0.1) is 48.3 Å². The molecule has 0 aromatic rings. The van der Waals surface area contributed by atoms with Gasteiger partial charge < -0.3 is 29.1 Å². The van der Waals surface area contributed by atoms with Gasteiger partial charge in [-0.3, -0.25) is 43.2 Å². The van der Waals surface area contributed by atoms with E-state index in [1.165, 1.54) is 15.5 Å². The number of rotatable bonds is 47. The number of hydrogen-bond acceptors (Lipinski definition) is 17. The molecule has 4 fully saturated rings. The molecule has 2 heterocycles. The summed E-state index contributed by atoms with van der Waals surface area (Å²) in [5.41, 5.74) is -2.00. The minimum atomic E-state index is -3.77. The van der Waals surface area contributed by atoms with Crippen LogP contribution in [-0.4, -0.2) is 196 Å². The van der Waals surface area contributed by atoms with Gasteiger partial charge in [0.25, 0.3) is 0 Å². The summed E-state index contributed by atoms with van der Waals surface area (Å²) in [6.07, 6.45) is 10.2. The molecule has 592 valence electrons. The minimum absolute atomic E-state index is 0.0140. The van der Waals surface area contributed by atoms with Crippen molar-refractivity contribution in [3.05, 3.63) is 25.3 Å². The van der Waals surface area contributed by atoms with Crippen LogP contribution in [0, 0.1) is 58.2 Å². The number of ether oxygens (including phenoxy) is 3. The van der Waals surface area contributed by atoms with Gasteiger partial charge in [-0.05, 0) is 120 Å². The molecule has 103 heavy (non-hydrogen) atoms. The highest BCUT2D eigenvalue weighted by Gasteiger charge is 2.70. The summed E-state index contributed by atoms with van der Waals surface area (Å²) in [5, 5.41) is 10.7. The average Bonchev–Trinajstić information content (AvgIpc) is 1.53. The smallest absolute Gasteiger partial charge is 0.307 e. The molecule has 0 bridgehead atoms. The van der Waals surface area contributed by atoms with Crippen molar-refractivity contribution in [3.63, 3.8) is 0 Å². The molecule has 2 unspecified atom stereocenters. The van der Waals surface area contributed by atoms with Crippen LogP contribution < -0.4 is 0 Å². The number of unbranched alkanes of at least 4 members (excludes halogenated alkanes) is 8. The Kier molecular flexibility index (Phi) is 35.8. The SMILES string of the molecule is C=CCCC(=O)C(O)[C@H](C)CC(=O)[C@@H]1[C@@H]2[C@H](CN1C(=O)[C@@H](CC(=O)OC(C)(C)C)CN(CCCCCCC)S(=O)(=O)CC[Si](C)(C)C)C2(C)C.C=CCCC(=O)C(OC(C)=O)[C@H](C)CC(=O)[C@@H]1[C@@H]2[C@H](CN1C(=O)[C@@H](CC(=O)OC(C)(C)C)CN(CCCCCCC)S(=O)(=O)CC[Si](C)(C)C)C2(C)C. The quantitative estimate of drug-likeness (QED) is 0.0195. The van der Waals surface area contributed by atoms with Gasteiger partial charge in [0.1, 0.15) is 17.3 Å². The highest BCUT2D eigenvalue weighted by atomic mass is 32.2. The van der Waals surface area contributed by atoms with Gasteiger partial charge in [-0.1, -0.05) is 158 Å². The maximum absolute atomic E-state index is 14.7. The standard InChI is InChI=1S/C40H70N2O9SSi.C38H68N2O8SSi/c1-13-15-17-18-19-21-41(52(48,49)22-23-53(10,11)12)26-30(25-34(46)51-39(5,6)7)38(47)42-27-31-35(40(31,8)9)36(42)33(45)24-28(3)37(50-29(4)43)32(44)20-16-14-2;1-12-14-16-17-18-20-39(49(46,47)21-22-50(9,10)11)25-28(24-32(43)48-37(4,5)6)36(45)40-26-29-33(38(29,7)8)34(40)31(42)23-27(3)35(44)30(41)19-15-13-2/h14,28,30-31,35-37H,2,13,15-27H2,1,3-12H3;13,27-29,33-35,44H,2,12,14-26H2,1,3-11H3/t28-,30+,31+,35+,36-,37?;27-,28+,29+,33+,34-,35?/m11/s1. The van der Waals surface area contributed by atoms with Gasteiger partial charge in [0, 0.05) is 93.9 Å². The van der Waals surface area contributed by atoms with Crippen molar-refractivity contribution in [2.45, 2.75) is 306 Å². The Balaban J connectivity index is 0.000000536. The monoisotopic (exact) mass is 1520 g/mol. The second-order valence-electron chi connectivity index (χ2n) is 35.9. The number of carbonyl (C=O) groups excluding carboxylic acids is 9. The Morgan fingerprint density at radius 3 is 1.24 bits per heavy atom. The molecule has 12 atom stereocenters. The Hall–Kier alpha value is -4.28. The highest BCUT2D eigenvalue weighted by Crippen LogP contribution is 2.66. The third kappa shape index (κ3) is 29.7. The Morgan fingerprint density at radius 2 is 0.913 bits per heavy atom. The fourth-order valence-electron chi connectivity index (χ4n) is 14.8. The Bertz CT molecular complexity index is 3130. The van der Waals surface area contributed by atoms with Crippen LogP contribution in [0.3, 0.4) is 0 Å². The fraction of sp³-hybridized carbons (Fsp3) is 0.833. The number of ketones is 4. The van der Waals surface area contributed by atoms with Crippen LogP contribution in [-0.2, 0) is 77.4 Å². The summed E-state index contributed by atoms with van der Waals surface area (Å²) in [6.45, 7) is 48.4. The molecule has 2 aliphatic carbocycles. The molecule has 2 aliphatic heterocycles. The third-order valence-corrected chi connectivity index (χ3v) is 29.0. The first-order valence-corrected chi connectivity index (χ1v) is 49.1. The Morgan fingerprint density at radius 1 is 0.563 bits per heavy atom. The summed E-state index contributed by atoms with van der Waals surface area (Å²) in [7, 11) is -11.0. The molecule has 0 spiro atoms. The van der Waals surface area contributed by atoms with Crippen LogP contribution in [0.5, 0.6) is 0 Å². The fourth-order valence-corrected chi connectivity index (χ4v) is 23.9. The van der Waals surface area contributed by atoms with Crippen molar-refractivity contribution in [2.24, 2.45) is 58.2 Å². The summed E-state index contributed by atoms with van der Waals surface area (Å²) in [6, 6.07) is -0.463. The number of sulfonamides is 2. The van der Waals surface area contributed by atoms with Crippen LogP contribution in [0.2, 0.25) is 51.4 Å². The molecule has 25 heteroatoms. The van der Waals surface area contributed by atoms with Crippen molar-refractivity contribution in [1.29, 1.82) is 0 Å². The van der Waals surface area contributed by atoms with Gasteiger partial charge in [-0.25, -0.2) is 25.4 Å². The lowest BCUT2D eigenvalue weighted by molar-refractivity contribution is -0.160. The molecule has 21 nitrogen and oxygen atoms in total. The molecular formula is C78H138N4O17S2Si2. The molecule has 0 aromatic heterocycles. The van der Waals surface area contributed by atoms with Gasteiger partial charge >= 0.3 is 17.9 Å². The molecule has 2 saturated heterocycles. The van der Waals surface area contributed by atoms with E-state index in [9.17, 15) is 65.1 Å². The molecule has 1 N–H and O–H groups in total. The lowest BCUT2D eigenvalue weighted by atomic mass is 9.88. The number of amides is 2. The number of piperidine rings is 2. The normalized spacial score (nSPS) is 21.7. The number of nitrogens with zero attached hydrogens (tertiary/aromatic N) is 4. The zero-order valence-electron chi connectivity index (χ0n) is 67.4. The number of aliphatic hydroxyl groups is 1. The number of esters is 3. The molecule has 2 amide bonds. The lowest BCUT2D eigenvalue weighted by Gasteiger charge is -2.35. The first kappa shape index (κ1) is 92.9. The van der Waals surface area contributed by atoms with Gasteiger partial charge in [0.15, 0.2) is 29.2 Å². The van der Waals surface area contributed by atoms with E-state index in [0.29, 0.717) is 50.9 Å². The number of likely N-dealkylation sites (tertiary alicyclic amines) is 2. The predicted octanol–water partition coefficient (Wildman–Crippen LogP) is 13.1. The van der Waals surface area contributed by atoms with Crippen LogP contribution in [0.15, 0.2) is 25.3 Å². The largest absolute Gasteiger partial charge is 0.460 e. The molecule has 4 rings (SSSR count). The van der Waals surface area contributed by atoms with Crippen molar-refractivity contribution in [3.8, 4) is 0 Å². The lowest BCUT2D eigenvalue weighted by Crippen LogP contribution is -2.51. The third-order valence-electron chi connectivity index (χ3n) is 21.1. The molecule has 0 aromatic carbocycles. The zero-order chi connectivity index (χ0) is 78.8. The van der Waals surface area contributed by atoms with Crippen molar-refractivity contribution in [1.82, 2.24) is 18.4 Å². The van der Waals surface area contributed by atoms with E-state index in [-0.39, 0.29) is 134 Å². The van der Waals surface area contributed by atoms with E-state index >= 15 is 0 Å². The van der Waals surface area contributed by atoms with E-state index in [4.69, 9.17) is 14.2 Å². The van der Waals surface area contributed by atoms with Crippen molar-refractivity contribution < 1.29 is 79.3 Å². The zero-order valence-corrected chi connectivity index (χ0v) is 71.0. The van der Waals surface area contributed by atoms with Gasteiger partial charge in [-0.2, -0.15) is 0 Å². The first-order chi connectivity index (χ1) is 47.3. The number of allylic oxidation sites excluding steroid dienone is 2. The summed E-state index contributed by atoms with van der Waals surface area (Å²) in [5.74, 6) is -7.36. The summed E-state index contributed by atoms with van der Waals surface area (Å²) >= 11 is 0. The average molecular weight is 1520 g/mol. The van der Waals surface area contributed by atoms with E-state index in [0.717, 1.165) is 51.4 Å². The maximum atomic E-state index is 14.7. The molecule has 0 radical (unpaired) electrons. The van der Waals surface area contributed by atoms with E-state index < -0.39 is 125 Å². The highest BCUT2D eigenvalue weighted by molar-refractivity contribution is 7.89. The minimum Gasteiger partial charge on any atom is -0.460 e. The van der Waals surface area contributed by atoms with Crippen molar-refractivity contribution in [2.75, 3.05) is 50.8 Å². The van der Waals surface area contributed by atoms with E-state index in [2.05, 4.69) is 94.0 Å². The topological polar surface area (TPSA) is 283 Å². The predicted molar refractivity (Wildman–Crippen MR) is 413 cm³/mol. The van der Waals surface area contributed by atoms with Crippen LogP contribution in [0.4, 0.5) is 0 Å². The Labute approximate surface area is 623 Å². The van der Waals surface area contributed by atoms with E-state index in [1.807, 2.05) is 0 Å². The number of fused-ring (bicyclic) bond motifs is 2. The second kappa shape index (κ2) is 39.7. The van der Waals surface area contributed by atoms with Crippen LogP contribution in [0.25, 0.3) is 0 Å². The number of hydrogen-bond donors (Lipinski definition) is 1. The van der Waals surface area contributed by atoms with Crippen LogP contribution in [0.1, 0.15) is 219 Å². The number of aliphatic hydroxyl groups excluding tert-OH is 1. The van der Waals surface area contributed by atoms with E-state index in [1.54, 1.807) is 77.3 Å². The molecule has 2 saturated carbocycles. The molecular weight excluding hydrogens is 1390 g/mol. The summed E-state index contributed by atoms with van der Waals surface area (Å²) in [4.78, 5) is 125. The van der Waals surface area contributed by atoms with Gasteiger partial charge in [0.2, 0.25) is 31.9 Å². The number of Topliss-reactive ketones (excluding diaryl/α,β-unsaturated/α-hetero) is 4. The summed E-state index contributed by atoms with van der Waals surface area (Å²) < 4.78 is 75.3. The maximum Gasteiger partial charge on any atom is 0.307 e. The molecule has 4 aliphatic rings.